The van der Waals surface area contributed by atoms with Crippen molar-refractivity contribution < 1.29 is 5.11 Å². The molecule has 2 N–H and O–H groups in total. The monoisotopic (exact) mass is 302 g/mol. The number of aliphatic hydroxyl groups excluding tert-OH is 1. The van der Waals surface area contributed by atoms with Gasteiger partial charge in [0.25, 0.3) is 0 Å². The number of anilines is 1. The van der Waals surface area contributed by atoms with E-state index < -0.39 is 0 Å². The quantitative estimate of drug-likeness (QED) is 0.784. The minimum absolute atomic E-state index is 0.000729. The maximum atomic E-state index is 9.65. The van der Waals surface area contributed by atoms with Crippen molar-refractivity contribution in [1.29, 1.82) is 0 Å². The van der Waals surface area contributed by atoms with E-state index in [0.29, 0.717) is 0 Å². The lowest BCUT2D eigenvalue weighted by Crippen LogP contribution is -2.32. The number of nitrogens with one attached hydrogen (secondary N) is 1. The van der Waals surface area contributed by atoms with Crippen molar-refractivity contribution in [2.45, 2.75) is 33.2 Å². The minimum atomic E-state index is -0.000729. The number of nitrogens with zero attached hydrogens (tertiary/aromatic N) is 3. The highest BCUT2D eigenvalue weighted by Crippen LogP contribution is 2.22. The third-order valence-corrected chi connectivity index (χ3v) is 4.12. The Morgan fingerprint density at radius 1 is 1.23 bits per heavy atom. The van der Waals surface area contributed by atoms with Crippen LogP contribution in [0.25, 0.3) is 10.9 Å². The van der Waals surface area contributed by atoms with Gasteiger partial charge in [-0.25, -0.2) is 9.97 Å². The summed E-state index contributed by atoms with van der Waals surface area (Å²) in [6.07, 6.45) is 2.46. The Kier molecular flexibility index (Phi) is 6.10. The lowest BCUT2D eigenvalue weighted by atomic mass is 10.1. The first-order valence-corrected chi connectivity index (χ1v) is 7.99. The van der Waals surface area contributed by atoms with E-state index in [0.717, 1.165) is 48.3 Å². The fourth-order valence-corrected chi connectivity index (χ4v) is 2.63. The molecule has 1 aromatic heterocycles. The Bertz CT molecular complexity index is 598. The highest BCUT2D eigenvalue weighted by atomic mass is 16.3. The second-order valence-electron chi connectivity index (χ2n) is 5.53. The molecular formula is C17H26N4O. The molecule has 0 fully saturated rings. The first kappa shape index (κ1) is 16.6. The van der Waals surface area contributed by atoms with Gasteiger partial charge in [-0.05, 0) is 38.1 Å². The molecule has 2 aromatic rings. The number of aromatic nitrogens is 2. The highest BCUT2D eigenvalue weighted by Gasteiger charge is 2.12. The molecule has 5 heteroatoms. The van der Waals surface area contributed by atoms with Crippen LogP contribution in [0.4, 0.5) is 5.82 Å². The Labute approximate surface area is 132 Å². The van der Waals surface area contributed by atoms with Crippen LogP contribution in [0, 0.1) is 6.92 Å². The van der Waals surface area contributed by atoms with E-state index in [1.54, 1.807) is 6.33 Å². The van der Waals surface area contributed by atoms with Crippen LogP contribution in [0.5, 0.6) is 0 Å². The predicted octanol–water partition coefficient (Wildman–Crippen LogP) is 2.44. The van der Waals surface area contributed by atoms with Gasteiger partial charge in [0.1, 0.15) is 12.1 Å². The second kappa shape index (κ2) is 8.06. The maximum Gasteiger partial charge on any atom is 0.137 e. The second-order valence-corrected chi connectivity index (χ2v) is 5.53. The first-order chi connectivity index (χ1) is 10.7. The summed E-state index contributed by atoms with van der Waals surface area (Å²) in [4.78, 5) is 11.1. The number of fused-ring (bicyclic) bond motifs is 1. The summed E-state index contributed by atoms with van der Waals surface area (Å²) >= 11 is 0. The Hall–Kier alpha value is -1.72. The number of aryl methyl sites for hydroxylation is 1. The zero-order valence-corrected chi connectivity index (χ0v) is 13.7. The largest absolute Gasteiger partial charge is 0.394 e. The van der Waals surface area contributed by atoms with Crippen LogP contribution in [0.1, 0.15) is 25.8 Å². The summed E-state index contributed by atoms with van der Waals surface area (Å²) in [5.41, 5.74) is 2.09. The Morgan fingerprint density at radius 3 is 2.68 bits per heavy atom. The van der Waals surface area contributed by atoms with Crippen LogP contribution in [0.3, 0.4) is 0 Å². The molecular weight excluding hydrogens is 276 g/mol. The number of para-hydroxylation sites is 1. The molecule has 0 aliphatic rings. The van der Waals surface area contributed by atoms with Gasteiger partial charge < -0.3 is 15.3 Å². The van der Waals surface area contributed by atoms with E-state index in [9.17, 15) is 5.11 Å². The van der Waals surface area contributed by atoms with E-state index in [2.05, 4.69) is 34.0 Å². The summed E-state index contributed by atoms with van der Waals surface area (Å²) in [5, 5.41) is 14.0. The molecule has 0 spiro atoms. The topological polar surface area (TPSA) is 61.3 Å². The Morgan fingerprint density at radius 2 is 2.00 bits per heavy atom. The zero-order chi connectivity index (χ0) is 15.9. The lowest BCUT2D eigenvalue weighted by Gasteiger charge is -2.23. The molecule has 0 aliphatic heterocycles. The Balaban J connectivity index is 2.13. The number of rotatable bonds is 8. The average molecular weight is 302 g/mol. The fourth-order valence-electron chi connectivity index (χ4n) is 2.63. The van der Waals surface area contributed by atoms with E-state index in [4.69, 9.17) is 0 Å². The van der Waals surface area contributed by atoms with Gasteiger partial charge in [-0.15, -0.1) is 0 Å². The van der Waals surface area contributed by atoms with Crippen molar-refractivity contribution in [2.24, 2.45) is 0 Å². The van der Waals surface area contributed by atoms with Crippen LogP contribution >= 0.6 is 0 Å². The molecule has 2 rings (SSSR count). The molecule has 120 valence electrons. The van der Waals surface area contributed by atoms with Crippen molar-refractivity contribution in [3.63, 3.8) is 0 Å². The standard InChI is InChI=1S/C17H26N4O/c1-4-21(5-2)10-9-14(11-22)20-17-15-8-6-7-13(3)16(15)18-12-19-17/h6-8,12,14,22H,4-5,9-11H2,1-3H3,(H,18,19,20)/t14-/m1/s1. The number of hydrogen-bond acceptors (Lipinski definition) is 5. The highest BCUT2D eigenvalue weighted by molar-refractivity contribution is 5.90. The molecule has 0 amide bonds. The van der Waals surface area contributed by atoms with Crippen molar-refractivity contribution in [1.82, 2.24) is 14.9 Å². The van der Waals surface area contributed by atoms with Crippen LogP contribution in [-0.4, -0.2) is 52.3 Å². The molecule has 22 heavy (non-hydrogen) atoms. The average Bonchev–Trinajstić information content (AvgIpc) is 2.55. The van der Waals surface area contributed by atoms with E-state index in [1.165, 1.54) is 0 Å². The molecule has 0 saturated carbocycles. The smallest absolute Gasteiger partial charge is 0.137 e. The van der Waals surface area contributed by atoms with Crippen molar-refractivity contribution in [3.05, 3.63) is 30.1 Å². The van der Waals surface area contributed by atoms with Gasteiger partial charge in [0.2, 0.25) is 0 Å². The van der Waals surface area contributed by atoms with E-state index >= 15 is 0 Å². The van der Waals surface area contributed by atoms with Gasteiger partial charge in [-0.2, -0.15) is 0 Å². The number of benzene rings is 1. The van der Waals surface area contributed by atoms with Gasteiger partial charge >= 0.3 is 0 Å². The van der Waals surface area contributed by atoms with E-state index in [-0.39, 0.29) is 12.6 Å². The summed E-state index contributed by atoms with van der Waals surface area (Å²) < 4.78 is 0. The third-order valence-electron chi connectivity index (χ3n) is 4.12. The minimum Gasteiger partial charge on any atom is -0.394 e. The van der Waals surface area contributed by atoms with E-state index in [1.807, 2.05) is 25.1 Å². The molecule has 0 unspecified atom stereocenters. The summed E-state index contributed by atoms with van der Waals surface area (Å²) in [7, 11) is 0. The molecule has 0 aliphatic carbocycles. The molecule has 0 saturated heterocycles. The SMILES string of the molecule is CCN(CC)CC[C@H](CO)Nc1ncnc2c(C)cccc12. The first-order valence-electron chi connectivity index (χ1n) is 7.99. The van der Waals surface area contributed by atoms with Crippen molar-refractivity contribution in [2.75, 3.05) is 31.6 Å². The van der Waals surface area contributed by atoms with Crippen molar-refractivity contribution in [3.8, 4) is 0 Å². The van der Waals surface area contributed by atoms with Gasteiger partial charge in [0.05, 0.1) is 18.2 Å². The van der Waals surface area contributed by atoms with Crippen molar-refractivity contribution >= 4 is 16.7 Å². The molecule has 1 aromatic carbocycles. The fraction of sp³-hybridized carbons (Fsp3) is 0.529. The predicted molar refractivity (Wildman–Crippen MR) is 91.2 cm³/mol. The van der Waals surface area contributed by atoms with Crippen LogP contribution in [-0.2, 0) is 0 Å². The normalized spacial score (nSPS) is 12.8. The van der Waals surface area contributed by atoms with Crippen LogP contribution < -0.4 is 5.32 Å². The summed E-state index contributed by atoms with van der Waals surface area (Å²) in [5.74, 6) is 0.798. The third kappa shape index (κ3) is 3.93. The zero-order valence-electron chi connectivity index (χ0n) is 13.7. The lowest BCUT2D eigenvalue weighted by molar-refractivity contribution is 0.240. The molecule has 1 heterocycles. The molecule has 1 atom stereocenters. The molecule has 0 radical (unpaired) electrons. The van der Waals surface area contributed by atoms with Gasteiger partial charge in [-0.1, -0.05) is 26.0 Å². The summed E-state index contributed by atoms with van der Waals surface area (Å²) in [6.45, 7) is 9.49. The van der Waals surface area contributed by atoms with Crippen LogP contribution in [0.15, 0.2) is 24.5 Å². The maximum absolute atomic E-state index is 9.65. The molecule has 0 bridgehead atoms. The van der Waals surface area contributed by atoms with Crippen LogP contribution in [0.2, 0.25) is 0 Å². The van der Waals surface area contributed by atoms with Gasteiger partial charge in [0, 0.05) is 11.9 Å². The van der Waals surface area contributed by atoms with Gasteiger partial charge in [0.15, 0.2) is 0 Å². The number of aliphatic hydroxyl groups is 1. The number of hydrogen-bond donors (Lipinski definition) is 2. The summed E-state index contributed by atoms with van der Waals surface area (Å²) in [6, 6.07) is 6.07. The van der Waals surface area contributed by atoms with Gasteiger partial charge in [-0.3, -0.25) is 0 Å². The molecule has 5 nitrogen and oxygen atoms in total.